The van der Waals surface area contributed by atoms with E-state index in [4.69, 9.17) is 5.73 Å². The van der Waals surface area contributed by atoms with Gasteiger partial charge < -0.3 is 11.1 Å². The third kappa shape index (κ3) is 3.64. The fourth-order valence-corrected chi connectivity index (χ4v) is 4.28. The summed E-state index contributed by atoms with van der Waals surface area (Å²) in [4.78, 5) is 15.1. The molecule has 7 nitrogen and oxygen atoms in total. The van der Waals surface area contributed by atoms with Crippen LogP contribution in [0, 0.1) is 11.8 Å². The van der Waals surface area contributed by atoms with Crippen molar-refractivity contribution in [3.05, 3.63) is 47.8 Å². The SMILES string of the molecule is NCc1cn(C[C@H]2C[C@@H]3CCN2C[C@@H]3C(=O)NCc2ccccc2)nn1. The van der Waals surface area contributed by atoms with Gasteiger partial charge in [-0.2, -0.15) is 0 Å². The van der Waals surface area contributed by atoms with Crippen molar-refractivity contribution < 1.29 is 4.79 Å². The summed E-state index contributed by atoms with van der Waals surface area (Å²) in [5.74, 6) is 0.741. The largest absolute Gasteiger partial charge is 0.352 e. The van der Waals surface area contributed by atoms with Gasteiger partial charge in [0, 0.05) is 31.9 Å². The summed E-state index contributed by atoms with van der Waals surface area (Å²) < 4.78 is 1.89. The van der Waals surface area contributed by atoms with Gasteiger partial charge in [-0.15, -0.1) is 5.10 Å². The molecule has 3 N–H and O–H groups in total. The Labute approximate surface area is 153 Å². The predicted molar refractivity (Wildman–Crippen MR) is 97.8 cm³/mol. The van der Waals surface area contributed by atoms with E-state index < -0.39 is 0 Å². The first kappa shape index (κ1) is 17.2. The van der Waals surface area contributed by atoms with Crippen LogP contribution in [0.3, 0.4) is 0 Å². The first-order valence-electron chi connectivity index (χ1n) is 9.37. The molecule has 1 amide bonds. The Kier molecular flexibility index (Phi) is 4.99. The van der Waals surface area contributed by atoms with Crippen molar-refractivity contribution in [2.24, 2.45) is 17.6 Å². The molecule has 0 saturated carbocycles. The lowest BCUT2D eigenvalue weighted by Crippen LogP contribution is -2.58. The van der Waals surface area contributed by atoms with Crippen molar-refractivity contribution in [3.63, 3.8) is 0 Å². The quantitative estimate of drug-likeness (QED) is 0.800. The standard InChI is InChI=1S/C19H26N6O/c20-9-16-11-25(23-22-16)12-17-8-15-6-7-24(17)13-18(15)19(26)21-10-14-4-2-1-3-5-14/h1-5,11,15,17-18H,6-10,12-13,20H2,(H,21,26)/t15-,17+,18-/m0/s1. The molecule has 4 heterocycles. The summed E-state index contributed by atoms with van der Waals surface area (Å²) in [6.45, 7) is 3.75. The van der Waals surface area contributed by atoms with E-state index in [1.165, 1.54) is 0 Å². The van der Waals surface area contributed by atoms with Crippen molar-refractivity contribution in [2.45, 2.75) is 38.5 Å². The van der Waals surface area contributed by atoms with Gasteiger partial charge in [-0.05, 0) is 30.9 Å². The van der Waals surface area contributed by atoms with Crippen LogP contribution in [0.2, 0.25) is 0 Å². The lowest BCUT2D eigenvalue weighted by molar-refractivity contribution is -0.133. The minimum atomic E-state index is 0.0964. The molecule has 0 spiro atoms. The van der Waals surface area contributed by atoms with E-state index in [2.05, 4.69) is 20.5 Å². The molecule has 2 aromatic rings. The molecule has 2 bridgehead atoms. The predicted octanol–water partition coefficient (Wildman–Crippen LogP) is 0.764. The Morgan fingerprint density at radius 2 is 2.15 bits per heavy atom. The van der Waals surface area contributed by atoms with Gasteiger partial charge in [0.25, 0.3) is 0 Å². The number of amides is 1. The molecule has 0 radical (unpaired) electrons. The molecule has 3 saturated heterocycles. The van der Waals surface area contributed by atoms with Crippen LogP contribution in [0.4, 0.5) is 0 Å². The Morgan fingerprint density at radius 1 is 1.31 bits per heavy atom. The molecule has 3 aliphatic rings. The maximum absolute atomic E-state index is 12.7. The van der Waals surface area contributed by atoms with Crippen LogP contribution in [0.15, 0.2) is 36.5 Å². The number of hydrogen-bond donors (Lipinski definition) is 2. The zero-order valence-corrected chi connectivity index (χ0v) is 14.9. The van der Waals surface area contributed by atoms with Gasteiger partial charge in [0.2, 0.25) is 5.91 Å². The van der Waals surface area contributed by atoms with E-state index in [0.717, 1.165) is 43.7 Å². The Bertz CT molecular complexity index is 745. The normalized spacial score (nSPS) is 27.4. The molecule has 1 aromatic carbocycles. The third-order valence-corrected chi connectivity index (χ3v) is 5.72. The highest BCUT2D eigenvalue weighted by molar-refractivity contribution is 5.79. The van der Waals surface area contributed by atoms with Crippen LogP contribution in [0.5, 0.6) is 0 Å². The Morgan fingerprint density at radius 3 is 2.85 bits per heavy atom. The van der Waals surface area contributed by atoms with E-state index in [1.807, 2.05) is 41.2 Å². The molecule has 7 heteroatoms. The summed E-state index contributed by atoms with van der Waals surface area (Å²) in [5, 5.41) is 11.3. The van der Waals surface area contributed by atoms with Crippen LogP contribution in [-0.4, -0.2) is 44.9 Å². The number of benzene rings is 1. The fourth-order valence-electron chi connectivity index (χ4n) is 4.28. The molecule has 1 aromatic heterocycles. The molecule has 4 atom stereocenters. The minimum Gasteiger partial charge on any atom is -0.352 e. The van der Waals surface area contributed by atoms with Gasteiger partial charge in [0.1, 0.15) is 0 Å². The molecule has 26 heavy (non-hydrogen) atoms. The van der Waals surface area contributed by atoms with Crippen LogP contribution < -0.4 is 11.1 Å². The van der Waals surface area contributed by atoms with Crippen LogP contribution in [0.25, 0.3) is 0 Å². The van der Waals surface area contributed by atoms with Crippen molar-refractivity contribution in [3.8, 4) is 0 Å². The maximum Gasteiger partial charge on any atom is 0.224 e. The summed E-state index contributed by atoms with van der Waals surface area (Å²) in [6.07, 6.45) is 4.07. The second-order valence-corrected chi connectivity index (χ2v) is 7.38. The first-order valence-corrected chi connectivity index (χ1v) is 9.37. The lowest BCUT2D eigenvalue weighted by atomic mass is 9.75. The van der Waals surface area contributed by atoms with Crippen LogP contribution in [-0.2, 0) is 24.4 Å². The van der Waals surface area contributed by atoms with Gasteiger partial charge in [-0.3, -0.25) is 14.4 Å². The minimum absolute atomic E-state index is 0.0964. The highest BCUT2D eigenvalue weighted by Gasteiger charge is 2.43. The van der Waals surface area contributed by atoms with E-state index in [0.29, 0.717) is 25.0 Å². The van der Waals surface area contributed by atoms with Gasteiger partial charge in [-0.25, -0.2) is 0 Å². The fraction of sp³-hybridized carbons (Fsp3) is 0.526. The van der Waals surface area contributed by atoms with Gasteiger partial charge >= 0.3 is 0 Å². The van der Waals surface area contributed by atoms with Crippen molar-refractivity contribution in [2.75, 3.05) is 13.1 Å². The second-order valence-electron chi connectivity index (χ2n) is 7.38. The monoisotopic (exact) mass is 354 g/mol. The summed E-state index contributed by atoms with van der Waals surface area (Å²) in [5.41, 5.74) is 7.57. The van der Waals surface area contributed by atoms with Gasteiger partial charge in [0.15, 0.2) is 0 Å². The number of piperidine rings is 3. The average molecular weight is 354 g/mol. The van der Waals surface area contributed by atoms with E-state index in [1.54, 1.807) is 0 Å². The number of rotatable bonds is 6. The lowest BCUT2D eigenvalue weighted by Gasteiger charge is -2.49. The van der Waals surface area contributed by atoms with E-state index in [-0.39, 0.29) is 11.8 Å². The molecule has 3 fully saturated rings. The van der Waals surface area contributed by atoms with E-state index in [9.17, 15) is 4.79 Å². The average Bonchev–Trinajstić information content (AvgIpc) is 3.15. The molecular weight excluding hydrogens is 328 g/mol. The summed E-state index contributed by atoms with van der Waals surface area (Å²) >= 11 is 0. The topological polar surface area (TPSA) is 89.1 Å². The number of carbonyl (C=O) groups excluding carboxylic acids is 1. The zero-order chi connectivity index (χ0) is 17.9. The highest BCUT2D eigenvalue weighted by Crippen LogP contribution is 2.36. The summed E-state index contributed by atoms with van der Waals surface area (Å²) in [6, 6.07) is 10.5. The van der Waals surface area contributed by atoms with Gasteiger partial charge in [0.05, 0.1) is 18.2 Å². The number of carbonyl (C=O) groups is 1. The number of fused-ring (bicyclic) bond motifs is 3. The van der Waals surface area contributed by atoms with Gasteiger partial charge in [-0.1, -0.05) is 35.5 Å². The third-order valence-electron chi connectivity index (χ3n) is 5.72. The van der Waals surface area contributed by atoms with Crippen molar-refractivity contribution in [1.82, 2.24) is 25.2 Å². The molecule has 1 unspecified atom stereocenters. The number of nitrogens with two attached hydrogens (primary N) is 1. The molecule has 3 aliphatic heterocycles. The van der Waals surface area contributed by atoms with E-state index >= 15 is 0 Å². The maximum atomic E-state index is 12.7. The first-order chi connectivity index (χ1) is 12.7. The number of hydrogen-bond acceptors (Lipinski definition) is 5. The zero-order valence-electron chi connectivity index (χ0n) is 14.9. The smallest absolute Gasteiger partial charge is 0.224 e. The number of nitrogens with zero attached hydrogens (tertiary/aromatic N) is 4. The number of aromatic nitrogens is 3. The highest BCUT2D eigenvalue weighted by atomic mass is 16.1. The Hall–Kier alpha value is -2.25. The molecule has 5 rings (SSSR count). The van der Waals surface area contributed by atoms with Crippen LogP contribution in [0.1, 0.15) is 24.1 Å². The molecule has 0 aliphatic carbocycles. The Balaban J connectivity index is 1.33. The molecule has 138 valence electrons. The molecular formula is C19H26N6O. The van der Waals surface area contributed by atoms with Crippen molar-refractivity contribution in [1.29, 1.82) is 0 Å². The second kappa shape index (κ2) is 7.55. The van der Waals surface area contributed by atoms with Crippen LogP contribution >= 0.6 is 0 Å². The van der Waals surface area contributed by atoms with Crippen molar-refractivity contribution >= 4 is 5.91 Å². The summed E-state index contributed by atoms with van der Waals surface area (Å²) in [7, 11) is 0. The number of nitrogens with one attached hydrogen (secondary N) is 1.